The van der Waals surface area contributed by atoms with Crippen LogP contribution < -0.4 is 0 Å². The van der Waals surface area contributed by atoms with Gasteiger partial charge in [-0.2, -0.15) is 0 Å². The minimum Gasteiger partial charge on any atom is -0.334 e. The highest BCUT2D eigenvalue weighted by Crippen LogP contribution is 2.38. The van der Waals surface area contributed by atoms with Crippen molar-refractivity contribution in [2.45, 2.75) is 19.4 Å². The fourth-order valence-electron chi connectivity index (χ4n) is 2.67. The summed E-state index contributed by atoms with van der Waals surface area (Å²) in [5.74, 6) is -0.115. The molecule has 1 aromatic rings. The summed E-state index contributed by atoms with van der Waals surface area (Å²) >= 11 is 12.3. The summed E-state index contributed by atoms with van der Waals surface area (Å²) in [5.41, 5.74) is 2.98. The van der Waals surface area contributed by atoms with E-state index in [1.54, 1.807) is 4.90 Å². The lowest BCUT2D eigenvalue weighted by atomic mass is 9.84. The molecule has 23 heavy (non-hydrogen) atoms. The van der Waals surface area contributed by atoms with Crippen LogP contribution in [-0.4, -0.2) is 17.4 Å². The van der Waals surface area contributed by atoms with Gasteiger partial charge < -0.3 is 4.90 Å². The second kappa shape index (κ2) is 7.67. The second-order valence-electron chi connectivity index (χ2n) is 5.40. The number of fused-ring (bicyclic) bond motifs is 1. The maximum atomic E-state index is 12.0. The number of allylic oxidation sites excluding steroid dienone is 4. The van der Waals surface area contributed by atoms with Crippen LogP contribution in [0.25, 0.3) is 0 Å². The van der Waals surface area contributed by atoms with E-state index in [9.17, 15) is 4.79 Å². The maximum Gasteiger partial charge on any atom is 0.246 e. The zero-order valence-electron chi connectivity index (χ0n) is 13.1. The lowest BCUT2D eigenvalue weighted by Crippen LogP contribution is -2.37. The Morgan fingerprint density at radius 1 is 1.30 bits per heavy atom. The first kappa shape index (κ1) is 17.6. The van der Waals surface area contributed by atoms with Gasteiger partial charge in [0.25, 0.3) is 0 Å². The number of nitrogens with zero attached hydrogens (tertiary/aromatic N) is 1. The monoisotopic (exact) mass is 347 g/mol. The second-order valence-corrected chi connectivity index (χ2v) is 6.21. The van der Waals surface area contributed by atoms with Crippen LogP contribution in [0.3, 0.4) is 0 Å². The fourth-order valence-corrected chi connectivity index (χ4v) is 3.03. The molecule has 0 saturated carbocycles. The van der Waals surface area contributed by atoms with Gasteiger partial charge in [-0.05, 0) is 41.8 Å². The van der Waals surface area contributed by atoms with E-state index < -0.39 is 0 Å². The number of benzene rings is 1. The molecule has 0 aliphatic carbocycles. The number of hydrogen-bond acceptors (Lipinski definition) is 1. The van der Waals surface area contributed by atoms with Crippen molar-refractivity contribution < 1.29 is 4.79 Å². The third kappa shape index (κ3) is 3.95. The van der Waals surface area contributed by atoms with E-state index in [1.165, 1.54) is 6.08 Å². The summed E-state index contributed by atoms with van der Waals surface area (Å²) < 4.78 is 0. The predicted molar refractivity (Wildman–Crippen MR) is 97.9 cm³/mol. The zero-order chi connectivity index (χ0) is 17.0. The highest BCUT2D eigenvalue weighted by Gasteiger charge is 2.29. The predicted octanol–water partition coefficient (Wildman–Crippen LogP) is 5.29. The van der Waals surface area contributed by atoms with E-state index in [-0.39, 0.29) is 11.8 Å². The van der Waals surface area contributed by atoms with Crippen LogP contribution in [-0.2, 0) is 11.3 Å². The van der Waals surface area contributed by atoms with Crippen LogP contribution in [0.2, 0.25) is 10.0 Å². The van der Waals surface area contributed by atoms with Gasteiger partial charge in [-0.3, -0.25) is 4.79 Å². The van der Waals surface area contributed by atoms with Crippen molar-refractivity contribution >= 4 is 29.1 Å². The van der Waals surface area contributed by atoms with Gasteiger partial charge >= 0.3 is 0 Å². The van der Waals surface area contributed by atoms with Crippen molar-refractivity contribution in [2.24, 2.45) is 0 Å². The summed E-state index contributed by atoms with van der Waals surface area (Å²) in [6.45, 7) is 10.7. The average molecular weight is 348 g/mol. The molecule has 2 nitrogen and oxygen atoms in total. The Kier molecular flexibility index (Phi) is 5.86. The number of amides is 1. The summed E-state index contributed by atoms with van der Waals surface area (Å²) in [4.78, 5) is 13.8. The summed E-state index contributed by atoms with van der Waals surface area (Å²) in [6, 6.07) is 3.71. The molecular weight excluding hydrogens is 329 g/mol. The largest absolute Gasteiger partial charge is 0.334 e. The first-order valence-corrected chi connectivity index (χ1v) is 8.10. The van der Waals surface area contributed by atoms with Crippen LogP contribution in [0.15, 0.2) is 61.2 Å². The molecule has 2 rings (SSSR count). The number of carbonyl (C=O) groups is 1. The SMILES string of the molecule is C=CC(=O)N1Cc2cc(Cl)c(Cl)cc2[C@@H](C(=C)/C=C\C=C/C)C1. The Morgan fingerprint density at radius 2 is 2.00 bits per heavy atom. The summed E-state index contributed by atoms with van der Waals surface area (Å²) in [7, 11) is 0. The minimum absolute atomic E-state index is 0.0149. The number of halogens is 2. The lowest BCUT2D eigenvalue weighted by molar-refractivity contribution is -0.127. The van der Waals surface area contributed by atoms with E-state index >= 15 is 0 Å². The summed E-state index contributed by atoms with van der Waals surface area (Å²) in [6.07, 6.45) is 9.11. The molecule has 1 atom stereocenters. The molecule has 0 bridgehead atoms. The van der Waals surface area contributed by atoms with E-state index in [4.69, 9.17) is 23.2 Å². The molecule has 1 aliphatic rings. The van der Waals surface area contributed by atoms with Crippen LogP contribution in [0.4, 0.5) is 0 Å². The van der Waals surface area contributed by atoms with Crippen molar-refractivity contribution in [1.82, 2.24) is 4.90 Å². The van der Waals surface area contributed by atoms with Crippen LogP contribution in [0.1, 0.15) is 24.0 Å². The van der Waals surface area contributed by atoms with Crippen molar-refractivity contribution in [3.63, 3.8) is 0 Å². The van der Waals surface area contributed by atoms with E-state index in [0.717, 1.165) is 16.7 Å². The number of rotatable bonds is 4. The van der Waals surface area contributed by atoms with Crippen molar-refractivity contribution in [3.05, 3.63) is 82.4 Å². The molecule has 1 aliphatic heterocycles. The Bertz CT molecular complexity index is 704. The Labute approximate surface area is 147 Å². The molecule has 1 amide bonds. The molecular formula is C19H19Cl2NO. The molecule has 0 saturated heterocycles. The highest BCUT2D eigenvalue weighted by atomic mass is 35.5. The molecule has 0 radical (unpaired) electrons. The molecule has 0 unspecified atom stereocenters. The zero-order valence-corrected chi connectivity index (χ0v) is 14.6. The maximum absolute atomic E-state index is 12.0. The smallest absolute Gasteiger partial charge is 0.246 e. The van der Waals surface area contributed by atoms with Gasteiger partial charge in [0.1, 0.15) is 0 Å². The van der Waals surface area contributed by atoms with E-state index in [2.05, 4.69) is 13.2 Å². The van der Waals surface area contributed by atoms with E-state index in [1.807, 2.05) is 43.4 Å². The lowest BCUT2D eigenvalue weighted by Gasteiger charge is -2.35. The van der Waals surface area contributed by atoms with Gasteiger partial charge in [0, 0.05) is 19.0 Å². The Morgan fingerprint density at radius 3 is 2.65 bits per heavy atom. The Balaban J connectivity index is 2.44. The van der Waals surface area contributed by atoms with Gasteiger partial charge in [0.15, 0.2) is 0 Å². The first-order chi connectivity index (χ1) is 11.0. The van der Waals surface area contributed by atoms with E-state index in [0.29, 0.717) is 23.1 Å². The number of carbonyl (C=O) groups excluding carboxylic acids is 1. The van der Waals surface area contributed by atoms with Crippen LogP contribution >= 0.6 is 23.2 Å². The van der Waals surface area contributed by atoms with Crippen LogP contribution in [0, 0.1) is 0 Å². The molecule has 1 heterocycles. The third-order valence-corrected chi connectivity index (χ3v) is 4.59. The van der Waals surface area contributed by atoms with Gasteiger partial charge in [-0.15, -0.1) is 0 Å². The van der Waals surface area contributed by atoms with Gasteiger partial charge in [0.05, 0.1) is 10.0 Å². The Hall–Kier alpha value is -1.77. The summed E-state index contributed by atoms with van der Waals surface area (Å²) in [5, 5.41) is 1.01. The molecule has 0 spiro atoms. The minimum atomic E-state index is -0.100. The standard InChI is InChI=1S/C19H19Cl2NO/c1-4-6-7-8-13(3)16-12-22(19(23)5-2)11-14-9-17(20)18(21)10-15(14)16/h4-10,16H,2-3,11-12H2,1H3/b6-4-,8-7-/t16-/m1/s1. The third-order valence-electron chi connectivity index (χ3n) is 3.87. The van der Waals surface area contributed by atoms with Gasteiger partial charge in [-0.1, -0.05) is 60.7 Å². The van der Waals surface area contributed by atoms with Crippen LogP contribution in [0.5, 0.6) is 0 Å². The molecule has 120 valence electrons. The molecule has 0 fully saturated rings. The van der Waals surface area contributed by atoms with Gasteiger partial charge in [-0.25, -0.2) is 0 Å². The number of hydrogen-bond donors (Lipinski definition) is 0. The highest BCUT2D eigenvalue weighted by molar-refractivity contribution is 6.42. The molecule has 1 aromatic carbocycles. The van der Waals surface area contributed by atoms with Crippen molar-refractivity contribution in [3.8, 4) is 0 Å². The van der Waals surface area contributed by atoms with Crippen molar-refractivity contribution in [1.29, 1.82) is 0 Å². The normalized spacial score (nSPS) is 17.5. The molecule has 0 N–H and O–H groups in total. The molecule has 0 aromatic heterocycles. The van der Waals surface area contributed by atoms with Crippen molar-refractivity contribution in [2.75, 3.05) is 6.54 Å². The average Bonchev–Trinajstić information content (AvgIpc) is 2.54. The topological polar surface area (TPSA) is 20.3 Å². The quantitative estimate of drug-likeness (QED) is 0.535. The fraction of sp³-hybridized carbons (Fsp3) is 0.211. The van der Waals surface area contributed by atoms with Gasteiger partial charge in [0.2, 0.25) is 5.91 Å². The first-order valence-electron chi connectivity index (χ1n) is 7.35. The molecule has 4 heteroatoms.